The zero-order valence-corrected chi connectivity index (χ0v) is 27.0. The average Bonchev–Trinajstić information content (AvgIpc) is 3.23. The smallest absolute Gasteiger partial charge is 0.459 e. The summed E-state index contributed by atoms with van der Waals surface area (Å²) in [6, 6.07) is 13.5. The van der Waals surface area contributed by atoms with E-state index in [1.54, 1.807) is 19.9 Å². The third kappa shape index (κ3) is 7.67. The van der Waals surface area contributed by atoms with E-state index in [1.165, 1.54) is 19.1 Å². The largest absolute Gasteiger partial charge is 0.485 e. The molecule has 3 heterocycles. The minimum absolute atomic E-state index is 0.0224. The fraction of sp³-hybridized carbons (Fsp3) is 0.452. The highest BCUT2D eigenvalue weighted by atomic mass is 31.2. The number of carbonyl (C=O) groups is 1. The van der Waals surface area contributed by atoms with Gasteiger partial charge in [0.2, 0.25) is 0 Å². The molecule has 5 rings (SSSR count). The molecule has 1 fully saturated rings. The number of fused-ring (bicyclic) bond motifs is 1. The number of alkyl halides is 1. The Morgan fingerprint density at radius 1 is 1.17 bits per heavy atom. The average molecular weight is 678 g/mol. The molecule has 8 atom stereocenters. The van der Waals surface area contributed by atoms with Crippen molar-refractivity contribution in [2.75, 3.05) is 6.61 Å². The Kier molecular flexibility index (Phi) is 10.1. The molecule has 4 N–H and O–H groups in total. The Morgan fingerprint density at radius 2 is 1.89 bits per heavy atom. The lowest BCUT2D eigenvalue weighted by Gasteiger charge is -2.30. The van der Waals surface area contributed by atoms with Gasteiger partial charge in [0, 0.05) is 30.3 Å². The molecule has 0 radical (unpaired) electrons. The van der Waals surface area contributed by atoms with Gasteiger partial charge < -0.3 is 28.9 Å². The second-order valence-electron chi connectivity index (χ2n) is 11.8. The highest BCUT2D eigenvalue weighted by Crippen LogP contribution is 2.49. The summed E-state index contributed by atoms with van der Waals surface area (Å²) in [5.74, 6) is -0.516. The lowest BCUT2D eigenvalue weighted by Crippen LogP contribution is -2.43. The zero-order valence-electron chi connectivity index (χ0n) is 26.1. The van der Waals surface area contributed by atoms with Crippen molar-refractivity contribution in [2.45, 2.75) is 82.6 Å². The van der Waals surface area contributed by atoms with Crippen molar-refractivity contribution in [2.24, 2.45) is 0 Å². The maximum absolute atomic E-state index is 15.7. The molecule has 0 spiro atoms. The number of esters is 1. The van der Waals surface area contributed by atoms with E-state index in [0.29, 0.717) is 12.0 Å². The van der Waals surface area contributed by atoms with Gasteiger partial charge in [-0.3, -0.25) is 23.7 Å². The minimum Gasteiger partial charge on any atom is -0.485 e. The van der Waals surface area contributed by atoms with Crippen molar-refractivity contribution in [3.8, 4) is 11.5 Å². The SMILES string of the molecule is CC(C)OC(=O)[C@H](C)NP(=O)(OC[C@H]1O[C@@H](n2ccc(=O)[nH]c2=O)[C@](C)(F)[C@@H]1O)Oc1ccc2c(c1)OC(c1ccccc1)CC2O. The van der Waals surface area contributed by atoms with Crippen molar-refractivity contribution < 1.29 is 47.2 Å². The Hall–Kier alpha value is -3.85. The quantitative estimate of drug-likeness (QED) is 0.172. The number of nitrogens with zero attached hydrogens (tertiary/aromatic N) is 1. The summed E-state index contributed by atoms with van der Waals surface area (Å²) in [6.45, 7) is 4.93. The number of nitrogens with one attached hydrogen (secondary N) is 2. The molecule has 16 heteroatoms. The maximum atomic E-state index is 15.7. The van der Waals surface area contributed by atoms with Gasteiger partial charge in [0.1, 0.15) is 35.9 Å². The molecular formula is C31H37FN3O11P. The Balaban J connectivity index is 1.38. The highest BCUT2D eigenvalue weighted by Gasteiger charge is 2.56. The first-order chi connectivity index (χ1) is 22.2. The standard InChI is InChI=1S/C31H37FN3O11P/c1-17(2)43-28(39)18(3)34-47(41,42-16-25-27(38)31(4,32)29(45-25)35-13-12-26(37)33-30(35)40)46-20-10-11-21-22(36)15-23(44-24(21)14-20)19-8-6-5-7-9-19/h5-14,17-18,22-23,25,27,29,36,38H,15-16H2,1-4H3,(H,34,41)(H,33,37,40)/t18-,22?,23?,25+,27+,29+,31+,47?/m0/s1. The van der Waals surface area contributed by atoms with E-state index in [4.69, 9.17) is 23.3 Å². The van der Waals surface area contributed by atoms with Gasteiger partial charge in [0.05, 0.1) is 18.8 Å². The van der Waals surface area contributed by atoms with E-state index in [-0.39, 0.29) is 11.5 Å². The Labute approximate surface area is 269 Å². The lowest BCUT2D eigenvalue weighted by molar-refractivity contribution is -0.149. The van der Waals surface area contributed by atoms with E-state index in [2.05, 4.69) is 5.09 Å². The van der Waals surface area contributed by atoms with Crippen LogP contribution in [0.4, 0.5) is 4.39 Å². The van der Waals surface area contributed by atoms with Crippen LogP contribution < -0.4 is 25.6 Å². The summed E-state index contributed by atoms with van der Waals surface area (Å²) in [5, 5.41) is 24.1. The number of hydrogen-bond donors (Lipinski definition) is 4. The van der Waals surface area contributed by atoms with Gasteiger partial charge in [-0.1, -0.05) is 30.3 Å². The van der Waals surface area contributed by atoms with Gasteiger partial charge in [-0.2, -0.15) is 5.09 Å². The van der Waals surface area contributed by atoms with Crippen LogP contribution in [0.5, 0.6) is 11.5 Å². The number of benzene rings is 2. The summed E-state index contributed by atoms with van der Waals surface area (Å²) in [6.07, 6.45) is -5.51. The van der Waals surface area contributed by atoms with Crippen LogP contribution in [0.3, 0.4) is 0 Å². The third-order valence-electron chi connectivity index (χ3n) is 7.73. The van der Waals surface area contributed by atoms with Gasteiger partial charge in [-0.15, -0.1) is 0 Å². The van der Waals surface area contributed by atoms with Crippen LogP contribution in [0.2, 0.25) is 0 Å². The summed E-state index contributed by atoms with van der Waals surface area (Å²) < 4.78 is 59.1. The lowest BCUT2D eigenvalue weighted by atomic mass is 9.95. The number of aliphatic hydroxyl groups excluding tert-OH is 2. The number of H-pyrrole nitrogens is 1. The van der Waals surface area contributed by atoms with Gasteiger partial charge in [-0.05, 0) is 45.4 Å². The van der Waals surface area contributed by atoms with Crippen LogP contribution in [-0.4, -0.2) is 62.4 Å². The first kappa shape index (κ1) is 34.5. The highest BCUT2D eigenvalue weighted by molar-refractivity contribution is 7.52. The van der Waals surface area contributed by atoms with Gasteiger partial charge in [-0.25, -0.2) is 13.8 Å². The minimum atomic E-state index is -4.55. The number of hydrogen-bond acceptors (Lipinski definition) is 11. The number of halogens is 1. The van der Waals surface area contributed by atoms with Gasteiger partial charge in [0.15, 0.2) is 11.9 Å². The normalized spacial score (nSPS) is 27.4. The second kappa shape index (κ2) is 13.7. The van der Waals surface area contributed by atoms with E-state index in [9.17, 15) is 29.2 Å². The molecule has 2 aromatic carbocycles. The molecule has 47 heavy (non-hydrogen) atoms. The molecular weight excluding hydrogens is 640 g/mol. The predicted molar refractivity (Wildman–Crippen MR) is 165 cm³/mol. The van der Waals surface area contributed by atoms with Gasteiger partial charge in [0.25, 0.3) is 5.56 Å². The molecule has 254 valence electrons. The maximum Gasteiger partial charge on any atom is 0.459 e. The first-order valence-corrected chi connectivity index (χ1v) is 16.5. The summed E-state index contributed by atoms with van der Waals surface area (Å²) in [4.78, 5) is 38.4. The fourth-order valence-electron chi connectivity index (χ4n) is 5.34. The van der Waals surface area contributed by atoms with Gasteiger partial charge >= 0.3 is 19.4 Å². The molecule has 1 aromatic heterocycles. The predicted octanol–water partition coefficient (Wildman–Crippen LogP) is 3.21. The number of aromatic amines is 1. The third-order valence-corrected chi connectivity index (χ3v) is 9.38. The second-order valence-corrected chi connectivity index (χ2v) is 13.5. The van der Waals surface area contributed by atoms with Crippen LogP contribution in [0.1, 0.15) is 63.7 Å². The number of aliphatic hydroxyl groups is 2. The Morgan fingerprint density at radius 3 is 2.57 bits per heavy atom. The number of rotatable bonds is 11. The van der Waals surface area contributed by atoms with E-state index < -0.39 is 80.0 Å². The molecule has 1 saturated heterocycles. The fourth-order valence-corrected chi connectivity index (χ4v) is 6.83. The van der Waals surface area contributed by atoms with E-state index in [0.717, 1.165) is 29.3 Å². The van der Waals surface area contributed by atoms with Crippen molar-refractivity contribution in [1.82, 2.24) is 14.6 Å². The summed E-state index contributed by atoms with van der Waals surface area (Å²) in [5.41, 5.74) is -2.90. The van der Waals surface area contributed by atoms with Crippen molar-refractivity contribution >= 4 is 13.7 Å². The molecule has 0 bridgehead atoms. The molecule has 3 aromatic rings. The van der Waals surface area contributed by atoms with Crippen molar-refractivity contribution in [1.29, 1.82) is 0 Å². The summed E-state index contributed by atoms with van der Waals surface area (Å²) >= 11 is 0. The van der Waals surface area contributed by atoms with E-state index >= 15 is 4.39 Å². The van der Waals surface area contributed by atoms with Crippen LogP contribution in [0.15, 0.2) is 70.4 Å². The topological polar surface area (TPSA) is 188 Å². The van der Waals surface area contributed by atoms with Crippen molar-refractivity contribution in [3.63, 3.8) is 0 Å². The van der Waals surface area contributed by atoms with Crippen LogP contribution in [0.25, 0.3) is 0 Å². The zero-order chi connectivity index (χ0) is 34.1. The monoisotopic (exact) mass is 677 g/mol. The van der Waals surface area contributed by atoms with E-state index in [1.807, 2.05) is 35.3 Å². The molecule has 14 nitrogen and oxygen atoms in total. The number of carbonyl (C=O) groups excluding carboxylic acids is 1. The molecule has 2 aliphatic heterocycles. The number of ether oxygens (including phenoxy) is 3. The molecule has 0 amide bonds. The molecule has 0 saturated carbocycles. The summed E-state index contributed by atoms with van der Waals surface area (Å²) in [7, 11) is -4.55. The van der Waals surface area contributed by atoms with Crippen molar-refractivity contribution in [3.05, 3.63) is 92.8 Å². The Bertz CT molecular complexity index is 1750. The molecule has 2 aliphatic rings. The first-order valence-electron chi connectivity index (χ1n) is 15.0. The van der Waals surface area contributed by atoms with Crippen LogP contribution in [0, 0.1) is 0 Å². The van der Waals surface area contributed by atoms with Crippen LogP contribution >= 0.6 is 7.75 Å². The molecule has 3 unspecified atom stereocenters. The molecule has 0 aliphatic carbocycles. The van der Waals surface area contributed by atoms with Crippen LogP contribution in [-0.2, 0) is 23.4 Å². The number of aromatic nitrogens is 2.